The van der Waals surface area contributed by atoms with Gasteiger partial charge in [0.1, 0.15) is 0 Å². The number of aromatic nitrogens is 6. The molecule has 0 amide bonds. The van der Waals surface area contributed by atoms with Gasteiger partial charge in [-0.1, -0.05) is 285 Å². The van der Waals surface area contributed by atoms with Crippen molar-refractivity contribution in [1.29, 1.82) is 0 Å². The maximum Gasteiger partial charge on any atom is 0.494 e. The Labute approximate surface area is 644 Å². The highest BCUT2D eigenvalue weighted by molar-refractivity contribution is 9.10. The molecule has 109 heavy (non-hydrogen) atoms. The van der Waals surface area contributed by atoms with Gasteiger partial charge in [0.15, 0.2) is 34.9 Å². The van der Waals surface area contributed by atoms with Gasteiger partial charge in [-0.05, 0) is 206 Å². The van der Waals surface area contributed by atoms with Crippen LogP contribution in [0.5, 0.6) is 0 Å². The van der Waals surface area contributed by atoms with E-state index in [0.29, 0.717) is 34.9 Å². The molecule has 0 unspecified atom stereocenters. The largest absolute Gasteiger partial charge is 0.494 e. The summed E-state index contributed by atoms with van der Waals surface area (Å²) in [5.74, 6) is 3.64. The van der Waals surface area contributed by atoms with Crippen LogP contribution in [0, 0.1) is 0 Å². The SMILES string of the molecule is Brc1c2ccccc2cc2ccccc12.CC1(C)OB(c2cc(B3OC(C)(C)C(C)(C)O3)cc(-c3nc(-c4ccccc4)nc(-c4ccccc4)n3)c2)OC1(C)C.c1ccc(-c2nc(-c3ccccc3)nc(-c3cc(-c4c5ccccc5cc5ccccc45)cc(-c4c5ccccc5cc5ccccc45)c3)n2)cc1. The first kappa shape index (κ1) is 70.3. The first-order valence-corrected chi connectivity index (χ1v) is 37.8. The molecule has 0 N–H and O–H groups in total. The molecular formula is C96H77B2BrN6O4. The second-order valence-electron chi connectivity index (χ2n) is 30.0. The molecule has 17 aromatic rings. The molecule has 13 heteroatoms. The zero-order valence-electron chi connectivity index (χ0n) is 61.9. The summed E-state index contributed by atoms with van der Waals surface area (Å²) in [7, 11) is -1.17. The van der Waals surface area contributed by atoms with E-state index >= 15 is 0 Å². The van der Waals surface area contributed by atoms with Gasteiger partial charge >= 0.3 is 14.2 Å². The van der Waals surface area contributed by atoms with Gasteiger partial charge in [-0.15, -0.1) is 0 Å². The molecule has 528 valence electrons. The lowest BCUT2D eigenvalue weighted by Crippen LogP contribution is -2.41. The zero-order valence-corrected chi connectivity index (χ0v) is 63.5. The average Bonchev–Trinajstić information content (AvgIpc) is 1.52. The molecule has 2 aliphatic rings. The summed E-state index contributed by atoms with van der Waals surface area (Å²) in [5, 5.41) is 14.8. The number of fused-ring (bicyclic) bond motifs is 6. The van der Waals surface area contributed by atoms with E-state index in [1.807, 2.05) is 115 Å². The van der Waals surface area contributed by atoms with Crippen molar-refractivity contribution in [2.24, 2.45) is 0 Å². The predicted molar refractivity (Wildman–Crippen MR) is 454 cm³/mol. The van der Waals surface area contributed by atoms with Gasteiger partial charge in [0.05, 0.1) is 22.4 Å². The van der Waals surface area contributed by atoms with Gasteiger partial charge in [0.2, 0.25) is 0 Å². The summed E-state index contributed by atoms with van der Waals surface area (Å²) in [6.45, 7) is 16.4. The van der Waals surface area contributed by atoms with Crippen LogP contribution in [0.15, 0.2) is 326 Å². The fourth-order valence-electron chi connectivity index (χ4n) is 14.6. The number of hydrogen-bond donors (Lipinski definition) is 0. The number of hydrogen-bond acceptors (Lipinski definition) is 10. The van der Waals surface area contributed by atoms with Crippen molar-refractivity contribution < 1.29 is 18.6 Å². The fourth-order valence-corrected chi connectivity index (χ4v) is 15.3. The van der Waals surface area contributed by atoms with Crippen molar-refractivity contribution in [3.63, 3.8) is 0 Å². The van der Waals surface area contributed by atoms with Gasteiger partial charge in [-0.25, -0.2) is 29.9 Å². The van der Waals surface area contributed by atoms with Gasteiger partial charge in [-0.3, -0.25) is 0 Å². The van der Waals surface area contributed by atoms with E-state index in [-0.39, 0.29) is 0 Å². The van der Waals surface area contributed by atoms with Crippen LogP contribution in [0.2, 0.25) is 0 Å². The lowest BCUT2D eigenvalue weighted by atomic mass is 9.71. The molecule has 0 radical (unpaired) electrons. The summed E-state index contributed by atoms with van der Waals surface area (Å²) >= 11 is 3.68. The fraction of sp³-hybridized carbons (Fsp3) is 0.125. The number of nitrogens with zero attached hydrogens (tertiary/aromatic N) is 6. The second kappa shape index (κ2) is 28.8. The Morgan fingerprint density at radius 1 is 0.220 bits per heavy atom. The molecule has 0 bridgehead atoms. The number of benzene rings is 15. The summed E-state index contributed by atoms with van der Waals surface area (Å²) in [6, 6.07) is 112. The predicted octanol–water partition coefficient (Wildman–Crippen LogP) is 23.0. The Morgan fingerprint density at radius 2 is 0.431 bits per heavy atom. The van der Waals surface area contributed by atoms with E-state index in [1.54, 1.807) is 0 Å². The lowest BCUT2D eigenvalue weighted by Gasteiger charge is -2.32. The first-order chi connectivity index (χ1) is 52.9. The number of rotatable bonds is 10. The van der Waals surface area contributed by atoms with Gasteiger partial charge in [0, 0.05) is 37.9 Å². The first-order valence-electron chi connectivity index (χ1n) is 37.0. The minimum absolute atomic E-state index is 0.494. The lowest BCUT2D eigenvalue weighted by molar-refractivity contribution is 0.00578. The molecule has 4 heterocycles. The highest BCUT2D eigenvalue weighted by Gasteiger charge is 2.54. The van der Waals surface area contributed by atoms with Crippen molar-refractivity contribution in [2.45, 2.75) is 77.8 Å². The summed E-state index contributed by atoms with van der Waals surface area (Å²) in [6.07, 6.45) is 0. The normalized spacial score (nSPS) is 14.8. The monoisotopic (exact) mass is 1480 g/mol. The maximum atomic E-state index is 6.47. The molecule has 19 rings (SSSR count). The molecule has 0 spiro atoms. The van der Waals surface area contributed by atoms with Crippen LogP contribution < -0.4 is 10.9 Å². The molecule has 2 fully saturated rings. The molecule has 0 aliphatic carbocycles. The standard InChI is InChI=1S/C49H31N3.C33H37B2N3O4.C14H9Br/c1-3-15-32(16-4-1)47-50-48(33-17-5-2-6-18-33)52-49(51-47)40-30-38(45-41-23-11-7-19-34(41)27-35-20-8-12-24-42(35)45)29-39(31-40)46-43-25-13-9-21-36(43)28-37-22-10-14-26-44(37)46;1-30(2)31(3,4)40-34(39-30)25-19-24(20-26(21-25)35-41-32(5,6)33(7,8)42-35)29-37-27(22-15-11-9-12-16-22)36-28(38-29)23-17-13-10-14-18-23;15-14-12-7-3-1-5-10(12)9-11-6-2-4-8-13(11)14/h1-31H;9-21H,1-8H3;1-9H. The zero-order chi connectivity index (χ0) is 74.6. The average molecular weight is 1480 g/mol. The molecule has 0 saturated carbocycles. The van der Waals surface area contributed by atoms with Crippen LogP contribution in [0.1, 0.15) is 55.4 Å². The van der Waals surface area contributed by atoms with Crippen LogP contribution >= 0.6 is 15.9 Å². The van der Waals surface area contributed by atoms with Gasteiger partial charge < -0.3 is 18.6 Å². The minimum Gasteiger partial charge on any atom is -0.399 e. The summed E-state index contributed by atoms with van der Waals surface area (Å²) in [5.41, 5.74) is 9.76. The smallest absolute Gasteiger partial charge is 0.399 e. The number of halogens is 1. The van der Waals surface area contributed by atoms with E-state index in [0.717, 1.165) is 55.4 Å². The quantitative estimate of drug-likeness (QED) is 0.0968. The Bertz CT molecular complexity index is 5810. The Morgan fingerprint density at radius 3 is 0.706 bits per heavy atom. The van der Waals surface area contributed by atoms with Crippen LogP contribution in [-0.4, -0.2) is 66.5 Å². The molecule has 15 aromatic carbocycles. The van der Waals surface area contributed by atoms with E-state index < -0.39 is 36.6 Å². The third-order valence-electron chi connectivity index (χ3n) is 21.7. The van der Waals surface area contributed by atoms with Crippen LogP contribution in [0.4, 0.5) is 0 Å². The van der Waals surface area contributed by atoms with Crippen molar-refractivity contribution in [3.8, 4) is 90.6 Å². The van der Waals surface area contributed by atoms with E-state index in [4.69, 9.17) is 48.5 Å². The van der Waals surface area contributed by atoms with Gasteiger partial charge in [-0.2, -0.15) is 0 Å². The highest BCUT2D eigenvalue weighted by atomic mass is 79.9. The van der Waals surface area contributed by atoms with Gasteiger partial charge in [0.25, 0.3) is 0 Å². The molecule has 2 aliphatic heterocycles. The molecule has 0 atom stereocenters. The van der Waals surface area contributed by atoms with Crippen LogP contribution in [0.25, 0.3) is 155 Å². The minimum atomic E-state index is -0.583. The Balaban J connectivity index is 0.000000136. The molecular weight excluding hydrogens is 1400 g/mol. The molecule has 2 aromatic heterocycles. The summed E-state index contributed by atoms with van der Waals surface area (Å²) < 4.78 is 27.1. The summed E-state index contributed by atoms with van der Waals surface area (Å²) in [4.78, 5) is 30.2. The third kappa shape index (κ3) is 13.9. The Hall–Kier alpha value is -11.7. The maximum absolute atomic E-state index is 6.47. The second-order valence-corrected chi connectivity index (χ2v) is 30.8. The third-order valence-corrected chi connectivity index (χ3v) is 22.6. The van der Waals surface area contributed by atoms with Crippen molar-refractivity contribution in [1.82, 2.24) is 29.9 Å². The molecule has 2 saturated heterocycles. The Kier molecular flexibility index (Phi) is 18.6. The van der Waals surface area contributed by atoms with Crippen molar-refractivity contribution in [2.75, 3.05) is 0 Å². The van der Waals surface area contributed by atoms with E-state index in [1.165, 1.54) is 80.2 Å². The van der Waals surface area contributed by atoms with Crippen LogP contribution in [0.3, 0.4) is 0 Å². The van der Waals surface area contributed by atoms with Crippen LogP contribution in [-0.2, 0) is 18.6 Å². The van der Waals surface area contributed by atoms with Crippen molar-refractivity contribution in [3.05, 3.63) is 326 Å². The van der Waals surface area contributed by atoms with E-state index in [9.17, 15) is 0 Å². The topological polar surface area (TPSA) is 114 Å². The highest BCUT2D eigenvalue weighted by Crippen LogP contribution is 2.45. The molecule has 10 nitrogen and oxygen atoms in total. The van der Waals surface area contributed by atoms with Crippen molar-refractivity contribution >= 4 is 106 Å². The van der Waals surface area contributed by atoms with E-state index in [2.05, 4.69) is 278 Å².